The number of nitrogen functional groups attached to an aromatic ring is 1. The maximum atomic E-state index is 5.25. The molecule has 0 aliphatic rings. The van der Waals surface area contributed by atoms with Gasteiger partial charge < -0.3 is 10.5 Å². The van der Waals surface area contributed by atoms with E-state index in [1.165, 1.54) is 0 Å². The summed E-state index contributed by atoms with van der Waals surface area (Å²) in [5, 5.41) is 0. The smallest absolute Gasteiger partial charge is 0.123 e. The van der Waals surface area contributed by atoms with Gasteiger partial charge in [-0.05, 0) is 18.6 Å². The third-order valence-electron chi connectivity index (χ3n) is 1.10. The van der Waals surface area contributed by atoms with E-state index in [1.54, 1.807) is 19.4 Å². The highest BCUT2D eigenvalue weighted by Crippen LogP contribution is 1.89. The zero-order valence-electron chi connectivity index (χ0n) is 7.66. The lowest BCUT2D eigenvalue weighted by Gasteiger charge is -1.84. The lowest BCUT2D eigenvalue weighted by Crippen LogP contribution is -1.85. The van der Waals surface area contributed by atoms with Crippen LogP contribution in [0.4, 0.5) is 5.82 Å². The maximum absolute atomic E-state index is 5.25. The first-order valence-corrected chi connectivity index (χ1v) is 3.96. The van der Waals surface area contributed by atoms with Crippen molar-refractivity contribution in [2.45, 2.75) is 13.3 Å². The summed E-state index contributed by atoms with van der Waals surface area (Å²) in [7, 11) is 1.71. The number of anilines is 1. The van der Waals surface area contributed by atoms with Crippen LogP contribution in [0.25, 0.3) is 0 Å². The fourth-order valence-corrected chi connectivity index (χ4v) is 0.580. The topological polar surface area (TPSA) is 48.1 Å². The van der Waals surface area contributed by atoms with Crippen molar-refractivity contribution in [2.75, 3.05) is 19.5 Å². The number of aromatic nitrogens is 1. The third kappa shape index (κ3) is 7.02. The molecule has 0 bridgehead atoms. The Kier molecular flexibility index (Phi) is 7.28. The van der Waals surface area contributed by atoms with Gasteiger partial charge in [-0.3, -0.25) is 0 Å². The Bertz CT molecular complexity index is 175. The zero-order chi connectivity index (χ0) is 9.23. The van der Waals surface area contributed by atoms with Gasteiger partial charge in [-0.15, -0.1) is 0 Å². The summed E-state index contributed by atoms with van der Waals surface area (Å²) < 4.78 is 4.69. The van der Waals surface area contributed by atoms with Crippen LogP contribution in [0.3, 0.4) is 0 Å². The second-order valence-electron chi connectivity index (χ2n) is 2.25. The van der Waals surface area contributed by atoms with Crippen molar-refractivity contribution in [3.63, 3.8) is 0 Å². The monoisotopic (exact) mass is 168 g/mol. The summed E-state index contributed by atoms with van der Waals surface area (Å²) in [4.78, 5) is 3.76. The van der Waals surface area contributed by atoms with E-state index in [-0.39, 0.29) is 0 Å². The van der Waals surface area contributed by atoms with Crippen LogP contribution in [0.1, 0.15) is 13.3 Å². The standard InChI is InChI=1S/C5H6N2.C4H10O/c6-5-3-1-2-4-7-5;1-3-4-5-2/h1-4H,(H2,6,7);3-4H2,1-2H3. The first-order valence-electron chi connectivity index (χ1n) is 3.96. The predicted octanol–water partition coefficient (Wildman–Crippen LogP) is 1.71. The molecule has 1 aromatic heterocycles. The van der Waals surface area contributed by atoms with Crippen LogP contribution in [0, 0.1) is 0 Å². The van der Waals surface area contributed by atoms with Gasteiger partial charge in [0, 0.05) is 19.9 Å². The molecular weight excluding hydrogens is 152 g/mol. The molecule has 12 heavy (non-hydrogen) atoms. The van der Waals surface area contributed by atoms with Crippen molar-refractivity contribution in [3.8, 4) is 0 Å². The molecule has 0 radical (unpaired) electrons. The molecule has 0 spiro atoms. The molecule has 68 valence electrons. The van der Waals surface area contributed by atoms with Crippen molar-refractivity contribution in [2.24, 2.45) is 0 Å². The van der Waals surface area contributed by atoms with Crippen molar-refractivity contribution in [1.29, 1.82) is 0 Å². The van der Waals surface area contributed by atoms with Crippen LogP contribution in [-0.2, 0) is 4.74 Å². The molecule has 0 saturated carbocycles. The average molecular weight is 168 g/mol. The Morgan fingerprint density at radius 2 is 2.25 bits per heavy atom. The third-order valence-corrected chi connectivity index (χ3v) is 1.10. The molecule has 0 unspecified atom stereocenters. The van der Waals surface area contributed by atoms with Crippen LogP contribution >= 0.6 is 0 Å². The van der Waals surface area contributed by atoms with Gasteiger partial charge in [0.1, 0.15) is 5.82 Å². The summed E-state index contributed by atoms with van der Waals surface area (Å²) in [5.74, 6) is 0.572. The van der Waals surface area contributed by atoms with Crippen LogP contribution < -0.4 is 5.73 Å². The fourth-order valence-electron chi connectivity index (χ4n) is 0.580. The zero-order valence-corrected chi connectivity index (χ0v) is 7.66. The van der Waals surface area contributed by atoms with E-state index in [4.69, 9.17) is 10.5 Å². The number of methoxy groups -OCH3 is 1. The van der Waals surface area contributed by atoms with Gasteiger partial charge in [-0.1, -0.05) is 13.0 Å². The number of rotatable bonds is 2. The van der Waals surface area contributed by atoms with Gasteiger partial charge in [-0.25, -0.2) is 4.98 Å². The highest BCUT2D eigenvalue weighted by Gasteiger charge is 1.73. The average Bonchev–Trinajstić information content (AvgIpc) is 2.08. The first kappa shape index (κ1) is 10.9. The Balaban J connectivity index is 0.000000217. The second-order valence-corrected chi connectivity index (χ2v) is 2.25. The van der Waals surface area contributed by atoms with Crippen LogP contribution in [0.5, 0.6) is 0 Å². The summed E-state index contributed by atoms with van der Waals surface area (Å²) in [5.41, 5.74) is 5.25. The summed E-state index contributed by atoms with van der Waals surface area (Å²) >= 11 is 0. The van der Waals surface area contributed by atoms with Gasteiger partial charge >= 0.3 is 0 Å². The summed E-state index contributed by atoms with van der Waals surface area (Å²) in [6.07, 6.45) is 2.78. The quantitative estimate of drug-likeness (QED) is 0.731. The van der Waals surface area contributed by atoms with Crippen molar-refractivity contribution < 1.29 is 4.74 Å². The molecular formula is C9H16N2O. The molecule has 0 atom stereocenters. The van der Waals surface area contributed by atoms with Gasteiger partial charge in [0.2, 0.25) is 0 Å². The van der Waals surface area contributed by atoms with E-state index in [2.05, 4.69) is 11.9 Å². The van der Waals surface area contributed by atoms with Gasteiger partial charge in [0.05, 0.1) is 0 Å². The van der Waals surface area contributed by atoms with Crippen LogP contribution in [-0.4, -0.2) is 18.7 Å². The Morgan fingerprint density at radius 3 is 2.42 bits per heavy atom. The lowest BCUT2D eigenvalue weighted by atomic mass is 10.5. The molecule has 2 N–H and O–H groups in total. The van der Waals surface area contributed by atoms with E-state index >= 15 is 0 Å². The minimum absolute atomic E-state index is 0.572. The number of hydrogen-bond acceptors (Lipinski definition) is 3. The maximum Gasteiger partial charge on any atom is 0.123 e. The molecule has 1 rings (SSSR count). The summed E-state index contributed by atoms with van der Waals surface area (Å²) in [6, 6.07) is 5.43. The number of hydrogen-bond donors (Lipinski definition) is 1. The highest BCUT2D eigenvalue weighted by molar-refractivity contribution is 5.25. The van der Waals surface area contributed by atoms with E-state index in [0.717, 1.165) is 13.0 Å². The van der Waals surface area contributed by atoms with Crippen LogP contribution in [0.15, 0.2) is 24.4 Å². The summed E-state index contributed by atoms with van der Waals surface area (Å²) in [6.45, 7) is 2.98. The molecule has 3 heteroatoms. The number of nitrogens with two attached hydrogens (primary N) is 1. The predicted molar refractivity (Wildman–Crippen MR) is 50.8 cm³/mol. The van der Waals surface area contributed by atoms with Crippen molar-refractivity contribution >= 4 is 5.82 Å². The van der Waals surface area contributed by atoms with E-state index < -0.39 is 0 Å². The van der Waals surface area contributed by atoms with Crippen molar-refractivity contribution in [1.82, 2.24) is 4.98 Å². The highest BCUT2D eigenvalue weighted by atomic mass is 16.5. The molecule has 0 saturated heterocycles. The molecule has 3 nitrogen and oxygen atoms in total. The lowest BCUT2D eigenvalue weighted by molar-refractivity contribution is 0.199. The molecule has 0 amide bonds. The number of nitrogens with zero attached hydrogens (tertiary/aromatic N) is 1. The number of ether oxygens (including phenoxy) is 1. The van der Waals surface area contributed by atoms with E-state index in [1.807, 2.05) is 12.1 Å². The Morgan fingerprint density at radius 1 is 1.50 bits per heavy atom. The molecule has 0 aliphatic heterocycles. The van der Waals surface area contributed by atoms with Gasteiger partial charge in [-0.2, -0.15) is 0 Å². The molecule has 0 aliphatic carbocycles. The van der Waals surface area contributed by atoms with Crippen LogP contribution in [0.2, 0.25) is 0 Å². The van der Waals surface area contributed by atoms with Crippen molar-refractivity contribution in [3.05, 3.63) is 24.4 Å². The fraction of sp³-hybridized carbons (Fsp3) is 0.444. The second kappa shape index (κ2) is 8.01. The normalized spacial score (nSPS) is 8.50. The van der Waals surface area contributed by atoms with Gasteiger partial charge in [0.15, 0.2) is 0 Å². The van der Waals surface area contributed by atoms with E-state index in [0.29, 0.717) is 5.82 Å². The molecule has 1 aromatic rings. The minimum Gasteiger partial charge on any atom is -0.385 e. The van der Waals surface area contributed by atoms with Gasteiger partial charge in [0.25, 0.3) is 0 Å². The largest absolute Gasteiger partial charge is 0.385 e. The first-order chi connectivity index (χ1) is 5.81. The van der Waals surface area contributed by atoms with E-state index in [9.17, 15) is 0 Å². The minimum atomic E-state index is 0.572. The molecule has 0 fully saturated rings. The molecule has 1 heterocycles. The SMILES string of the molecule is CCCOC.Nc1ccccn1. The Labute approximate surface area is 73.6 Å². The molecule has 0 aromatic carbocycles. The Hall–Kier alpha value is -1.09. The number of pyridine rings is 1.